The van der Waals surface area contributed by atoms with Crippen molar-refractivity contribution in [3.63, 3.8) is 0 Å². The van der Waals surface area contributed by atoms with Crippen molar-refractivity contribution in [2.24, 2.45) is 0 Å². The van der Waals surface area contributed by atoms with Gasteiger partial charge in [0.2, 0.25) is 0 Å². The number of hydrogen-bond donors (Lipinski definition) is 0. The summed E-state index contributed by atoms with van der Waals surface area (Å²) >= 11 is 0. The van der Waals surface area contributed by atoms with E-state index in [-0.39, 0.29) is 5.56 Å². The predicted molar refractivity (Wildman–Crippen MR) is 113 cm³/mol. The van der Waals surface area contributed by atoms with E-state index >= 15 is 0 Å². The third-order valence-electron chi connectivity index (χ3n) is 4.82. The molecule has 0 fully saturated rings. The number of carbonyl (C=O) groups is 2. The van der Waals surface area contributed by atoms with Crippen molar-refractivity contribution in [1.82, 2.24) is 4.90 Å². The van der Waals surface area contributed by atoms with Crippen LogP contribution in [0, 0.1) is 0 Å². The fourth-order valence-electron chi connectivity index (χ4n) is 3.15. The maximum atomic E-state index is 13.1. The molecule has 0 N–H and O–H groups in total. The van der Waals surface area contributed by atoms with Gasteiger partial charge in [0.25, 0.3) is 5.91 Å². The molecule has 3 rings (SSSR count). The summed E-state index contributed by atoms with van der Waals surface area (Å²) in [7, 11) is 0. The van der Waals surface area contributed by atoms with Crippen LogP contribution in [0.4, 0.5) is 13.2 Å². The van der Waals surface area contributed by atoms with E-state index in [0.29, 0.717) is 13.1 Å². The molecule has 0 saturated heterocycles. The third-order valence-corrected chi connectivity index (χ3v) is 4.82. The molecule has 1 amide bonds. The summed E-state index contributed by atoms with van der Waals surface area (Å²) in [4.78, 5) is 27.1. The number of ether oxygens (including phenoxy) is 1. The number of halogens is 3. The maximum Gasteiger partial charge on any atom is 0.416 e. The van der Waals surface area contributed by atoms with Crippen LogP contribution in [-0.2, 0) is 28.8 Å². The van der Waals surface area contributed by atoms with Crippen molar-refractivity contribution in [1.29, 1.82) is 0 Å². The number of esters is 1. The van der Waals surface area contributed by atoms with Crippen LogP contribution < -0.4 is 0 Å². The molecule has 1 atom stereocenters. The molecule has 4 nitrogen and oxygen atoms in total. The minimum atomic E-state index is -4.50. The molecule has 0 bridgehead atoms. The van der Waals surface area contributed by atoms with E-state index in [1.54, 1.807) is 4.90 Å². The second kappa shape index (κ2) is 10.1. The molecule has 166 valence electrons. The van der Waals surface area contributed by atoms with Crippen molar-refractivity contribution in [3.8, 4) is 0 Å². The van der Waals surface area contributed by atoms with Gasteiger partial charge >= 0.3 is 12.1 Å². The highest BCUT2D eigenvalue weighted by Gasteiger charge is 2.31. The van der Waals surface area contributed by atoms with E-state index in [1.807, 2.05) is 60.7 Å². The lowest BCUT2D eigenvalue weighted by atomic mass is 10.1. The van der Waals surface area contributed by atoms with E-state index < -0.39 is 29.7 Å². The number of alkyl halides is 3. The van der Waals surface area contributed by atoms with Gasteiger partial charge in [0.05, 0.1) is 11.1 Å². The molecule has 0 aliphatic carbocycles. The first-order valence-corrected chi connectivity index (χ1v) is 9.99. The lowest BCUT2D eigenvalue weighted by Gasteiger charge is -2.26. The molecule has 0 heterocycles. The summed E-state index contributed by atoms with van der Waals surface area (Å²) in [5.74, 6) is -1.27. The van der Waals surface area contributed by atoms with Crippen molar-refractivity contribution in [3.05, 3.63) is 107 Å². The monoisotopic (exact) mass is 441 g/mol. The smallest absolute Gasteiger partial charge is 0.416 e. The fraction of sp³-hybridized carbons (Fsp3) is 0.200. The van der Waals surface area contributed by atoms with E-state index in [9.17, 15) is 22.8 Å². The van der Waals surface area contributed by atoms with E-state index in [4.69, 9.17) is 4.74 Å². The molecule has 0 aliphatic heterocycles. The lowest BCUT2D eigenvalue weighted by Crippen LogP contribution is -2.39. The summed E-state index contributed by atoms with van der Waals surface area (Å²) in [6, 6.07) is 22.5. The largest absolute Gasteiger partial charge is 0.449 e. The van der Waals surface area contributed by atoms with Gasteiger partial charge in [0.1, 0.15) is 0 Å². The minimum Gasteiger partial charge on any atom is -0.449 e. The van der Waals surface area contributed by atoms with Gasteiger partial charge in [-0.25, -0.2) is 4.79 Å². The highest BCUT2D eigenvalue weighted by molar-refractivity contribution is 5.92. The van der Waals surface area contributed by atoms with Gasteiger partial charge < -0.3 is 9.64 Å². The predicted octanol–water partition coefficient (Wildman–Crippen LogP) is 5.48. The van der Waals surface area contributed by atoms with Crippen LogP contribution in [0.5, 0.6) is 0 Å². The zero-order valence-electron chi connectivity index (χ0n) is 17.4. The SMILES string of the molecule is CC(OC(=O)c1ccc(C(F)(F)F)cc1)C(=O)N(Cc1ccccc1)Cc1ccccc1. The maximum absolute atomic E-state index is 13.1. The van der Waals surface area contributed by atoms with Crippen molar-refractivity contribution >= 4 is 11.9 Å². The Balaban J connectivity index is 1.72. The molecule has 1 unspecified atom stereocenters. The highest BCUT2D eigenvalue weighted by Crippen LogP contribution is 2.29. The first kappa shape index (κ1) is 23.1. The third kappa shape index (κ3) is 6.20. The topological polar surface area (TPSA) is 46.6 Å². The fourth-order valence-corrected chi connectivity index (χ4v) is 3.15. The molecule has 0 aliphatic rings. The van der Waals surface area contributed by atoms with E-state index in [0.717, 1.165) is 35.4 Å². The van der Waals surface area contributed by atoms with Gasteiger partial charge in [0, 0.05) is 13.1 Å². The van der Waals surface area contributed by atoms with Crippen molar-refractivity contribution < 1.29 is 27.5 Å². The number of benzene rings is 3. The number of hydrogen-bond acceptors (Lipinski definition) is 3. The average molecular weight is 441 g/mol. The van der Waals surface area contributed by atoms with Crippen LogP contribution in [0.15, 0.2) is 84.9 Å². The van der Waals surface area contributed by atoms with Gasteiger partial charge in [-0.1, -0.05) is 60.7 Å². The number of carbonyl (C=O) groups excluding carboxylic acids is 2. The number of amides is 1. The van der Waals surface area contributed by atoms with Crippen LogP contribution in [-0.4, -0.2) is 22.9 Å². The Morgan fingerprint density at radius 3 is 1.72 bits per heavy atom. The number of rotatable bonds is 7. The Bertz CT molecular complexity index is 994. The Morgan fingerprint density at radius 1 is 0.812 bits per heavy atom. The van der Waals surface area contributed by atoms with Gasteiger partial charge in [-0.15, -0.1) is 0 Å². The van der Waals surface area contributed by atoms with Crippen LogP contribution in [0.2, 0.25) is 0 Å². The molecule has 3 aromatic carbocycles. The average Bonchev–Trinajstić information content (AvgIpc) is 2.79. The van der Waals surface area contributed by atoms with E-state index in [2.05, 4.69) is 0 Å². The Kier molecular flexibility index (Phi) is 7.30. The summed E-state index contributed by atoms with van der Waals surface area (Å²) in [5, 5.41) is 0. The van der Waals surface area contributed by atoms with Crippen LogP contribution in [0.1, 0.15) is 34.0 Å². The van der Waals surface area contributed by atoms with Gasteiger partial charge in [-0.2, -0.15) is 13.2 Å². The van der Waals surface area contributed by atoms with Crippen molar-refractivity contribution in [2.45, 2.75) is 32.3 Å². The summed E-state index contributed by atoms with van der Waals surface area (Å²) in [5.41, 5.74) is 0.904. The van der Waals surface area contributed by atoms with Crippen LogP contribution in [0.25, 0.3) is 0 Å². The Labute approximate surface area is 184 Å². The standard InChI is InChI=1S/C25H22F3NO3/c1-18(32-24(31)21-12-14-22(15-13-21)25(26,27)28)23(30)29(16-19-8-4-2-5-9-19)17-20-10-6-3-7-11-20/h2-15,18H,16-17H2,1H3. The quantitative estimate of drug-likeness (QED) is 0.456. The Hall–Kier alpha value is -3.61. The van der Waals surface area contributed by atoms with Crippen molar-refractivity contribution in [2.75, 3.05) is 0 Å². The molecule has 0 aromatic heterocycles. The first-order chi connectivity index (χ1) is 15.2. The van der Waals surface area contributed by atoms with Gasteiger partial charge in [-0.05, 0) is 42.3 Å². The molecule has 0 saturated carbocycles. The van der Waals surface area contributed by atoms with Crippen LogP contribution in [0.3, 0.4) is 0 Å². The zero-order chi connectivity index (χ0) is 23.1. The lowest BCUT2D eigenvalue weighted by molar-refractivity contribution is -0.141. The molecular formula is C25H22F3NO3. The molecular weight excluding hydrogens is 419 g/mol. The molecule has 0 spiro atoms. The Morgan fingerprint density at radius 2 is 1.28 bits per heavy atom. The summed E-state index contributed by atoms with van der Waals surface area (Å²) in [6.45, 7) is 2.08. The summed E-state index contributed by atoms with van der Waals surface area (Å²) in [6.07, 6.45) is -5.61. The van der Waals surface area contributed by atoms with Crippen LogP contribution >= 0.6 is 0 Å². The molecule has 32 heavy (non-hydrogen) atoms. The second-order valence-electron chi connectivity index (χ2n) is 7.29. The number of nitrogens with zero attached hydrogens (tertiary/aromatic N) is 1. The normalized spacial score (nSPS) is 12.1. The van der Waals surface area contributed by atoms with E-state index in [1.165, 1.54) is 6.92 Å². The summed E-state index contributed by atoms with van der Waals surface area (Å²) < 4.78 is 43.4. The highest BCUT2D eigenvalue weighted by atomic mass is 19.4. The molecule has 3 aromatic rings. The molecule has 0 radical (unpaired) electrons. The second-order valence-corrected chi connectivity index (χ2v) is 7.29. The van der Waals surface area contributed by atoms with Gasteiger partial charge in [0.15, 0.2) is 6.10 Å². The molecule has 7 heteroatoms. The minimum absolute atomic E-state index is 0.0599. The first-order valence-electron chi connectivity index (χ1n) is 9.99. The zero-order valence-corrected chi connectivity index (χ0v) is 17.4. The van der Waals surface area contributed by atoms with Gasteiger partial charge in [-0.3, -0.25) is 4.79 Å².